The van der Waals surface area contributed by atoms with E-state index in [1.807, 2.05) is 19.2 Å². The Bertz CT molecular complexity index is 376. The summed E-state index contributed by atoms with van der Waals surface area (Å²) in [6.45, 7) is 1.72. The van der Waals surface area contributed by atoms with Crippen LogP contribution in [0.5, 0.6) is 5.75 Å². The highest BCUT2D eigenvalue weighted by Crippen LogP contribution is 2.11. The number of hydrogen-bond donors (Lipinski definition) is 2. The van der Waals surface area contributed by atoms with Crippen LogP contribution in [0.25, 0.3) is 0 Å². The Kier molecular flexibility index (Phi) is 6.00. The lowest BCUT2D eigenvalue weighted by Gasteiger charge is -2.16. The summed E-state index contributed by atoms with van der Waals surface area (Å²) in [7, 11) is 3.68. The summed E-state index contributed by atoms with van der Waals surface area (Å²) in [6, 6.07) is 8.06. The van der Waals surface area contributed by atoms with E-state index in [1.165, 1.54) is 5.56 Å². The van der Waals surface area contributed by atoms with Crippen molar-refractivity contribution in [2.45, 2.75) is 12.8 Å². The summed E-state index contributed by atoms with van der Waals surface area (Å²) in [5.41, 5.74) is 6.69. The molecule has 0 aliphatic heterocycles. The van der Waals surface area contributed by atoms with Crippen molar-refractivity contribution in [2.24, 2.45) is 10.9 Å². The molecule has 0 amide bonds. The molecule has 5 heteroatoms. The molecule has 0 unspecified atom stereocenters. The monoisotopic (exact) mass is 251 g/mol. The van der Waals surface area contributed by atoms with E-state index >= 15 is 0 Å². The third-order valence-corrected chi connectivity index (χ3v) is 2.82. The number of benzene rings is 1. The normalized spacial score (nSPS) is 11.8. The van der Waals surface area contributed by atoms with E-state index in [-0.39, 0.29) is 5.84 Å². The van der Waals surface area contributed by atoms with Crippen molar-refractivity contribution in [1.29, 1.82) is 0 Å². The molecule has 3 N–H and O–H groups in total. The van der Waals surface area contributed by atoms with Crippen LogP contribution in [0, 0.1) is 0 Å². The van der Waals surface area contributed by atoms with Gasteiger partial charge in [-0.2, -0.15) is 0 Å². The van der Waals surface area contributed by atoms with Gasteiger partial charge in [-0.1, -0.05) is 17.3 Å². The molecule has 0 spiro atoms. The zero-order chi connectivity index (χ0) is 13.4. The minimum absolute atomic E-state index is 0.270. The molecule has 0 aliphatic carbocycles. The third-order valence-electron chi connectivity index (χ3n) is 2.82. The van der Waals surface area contributed by atoms with E-state index in [0.29, 0.717) is 6.42 Å². The second kappa shape index (κ2) is 7.55. The summed E-state index contributed by atoms with van der Waals surface area (Å²) < 4.78 is 5.11. The highest BCUT2D eigenvalue weighted by Gasteiger charge is 2.01. The van der Waals surface area contributed by atoms with Crippen molar-refractivity contribution in [3.8, 4) is 5.75 Å². The summed E-state index contributed by atoms with van der Waals surface area (Å²) in [5.74, 6) is 1.14. The number of nitrogens with zero attached hydrogens (tertiary/aromatic N) is 2. The lowest BCUT2D eigenvalue weighted by molar-refractivity contribution is 0.311. The molecule has 0 heterocycles. The van der Waals surface area contributed by atoms with Crippen LogP contribution in [0.1, 0.15) is 12.0 Å². The van der Waals surface area contributed by atoms with Crippen LogP contribution in [0.15, 0.2) is 29.4 Å². The summed E-state index contributed by atoms with van der Waals surface area (Å²) in [6.07, 6.45) is 1.55. The van der Waals surface area contributed by atoms with E-state index in [0.717, 1.165) is 25.3 Å². The standard InChI is InChI=1S/C13H21N3O2/c1-16(10-8-13(14)15-17)9-7-11-3-5-12(18-2)6-4-11/h3-6,17H,7-10H2,1-2H3,(H2,14,15). The van der Waals surface area contributed by atoms with Gasteiger partial charge in [0.05, 0.1) is 7.11 Å². The first-order chi connectivity index (χ1) is 8.65. The van der Waals surface area contributed by atoms with Gasteiger partial charge in [0.1, 0.15) is 11.6 Å². The number of methoxy groups -OCH3 is 1. The van der Waals surface area contributed by atoms with Crippen LogP contribution in [-0.2, 0) is 6.42 Å². The maximum absolute atomic E-state index is 8.44. The van der Waals surface area contributed by atoms with Gasteiger partial charge in [-0.3, -0.25) is 0 Å². The second-order valence-corrected chi connectivity index (χ2v) is 4.24. The summed E-state index contributed by atoms with van der Waals surface area (Å²) in [5, 5.41) is 11.4. The average Bonchev–Trinajstić information content (AvgIpc) is 2.42. The summed E-state index contributed by atoms with van der Waals surface area (Å²) >= 11 is 0. The zero-order valence-corrected chi connectivity index (χ0v) is 11.0. The van der Waals surface area contributed by atoms with Gasteiger partial charge in [0.25, 0.3) is 0 Å². The topological polar surface area (TPSA) is 71.1 Å². The lowest BCUT2D eigenvalue weighted by atomic mass is 10.1. The molecule has 0 atom stereocenters. The first-order valence-corrected chi connectivity index (χ1v) is 5.93. The summed E-state index contributed by atoms with van der Waals surface area (Å²) in [4.78, 5) is 2.16. The van der Waals surface area contributed by atoms with E-state index in [4.69, 9.17) is 15.7 Å². The minimum Gasteiger partial charge on any atom is -0.497 e. The van der Waals surface area contributed by atoms with Crippen molar-refractivity contribution in [3.05, 3.63) is 29.8 Å². The first-order valence-electron chi connectivity index (χ1n) is 5.93. The molecule has 1 aromatic carbocycles. The van der Waals surface area contributed by atoms with Gasteiger partial charge >= 0.3 is 0 Å². The van der Waals surface area contributed by atoms with Crippen LogP contribution < -0.4 is 10.5 Å². The number of nitrogens with two attached hydrogens (primary N) is 1. The molecule has 5 nitrogen and oxygen atoms in total. The minimum atomic E-state index is 0.270. The molecule has 1 aromatic rings. The predicted molar refractivity (Wildman–Crippen MR) is 72.2 cm³/mol. The maximum Gasteiger partial charge on any atom is 0.140 e. The molecule has 0 bridgehead atoms. The number of amidine groups is 1. The number of ether oxygens (including phenoxy) is 1. The van der Waals surface area contributed by atoms with E-state index < -0.39 is 0 Å². The fraction of sp³-hybridized carbons (Fsp3) is 0.462. The Morgan fingerprint density at radius 3 is 2.56 bits per heavy atom. The van der Waals surface area contributed by atoms with Gasteiger partial charge in [0, 0.05) is 19.5 Å². The fourth-order valence-electron chi connectivity index (χ4n) is 1.58. The predicted octanol–water partition coefficient (Wildman–Crippen LogP) is 1.31. The number of likely N-dealkylation sites (N-methyl/N-ethyl adjacent to an activating group) is 1. The number of oxime groups is 1. The Balaban J connectivity index is 2.30. The molecule has 1 rings (SSSR count). The van der Waals surface area contributed by atoms with Crippen molar-refractivity contribution < 1.29 is 9.94 Å². The molecular weight excluding hydrogens is 230 g/mol. The SMILES string of the molecule is COc1ccc(CCN(C)CCC(N)=NO)cc1. The molecule has 18 heavy (non-hydrogen) atoms. The van der Waals surface area contributed by atoms with Gasteiger partial charge < -0.3 is 20.6 Å². The highest BCUT2D eigenvalue weighted by molar-refractivity contribution is 5.79. The first kappa shape index (κ1) is 14.3. The Morgan fingerprint density at radius 1 is 1.33 bits per heavy atom. The Morgan fingerprint density at radius 2 is 2.00 bits per heavy atom. The fourth-order valence-corrected chi connectivity index (χ4v) is 1.58. The quantitative estimate of drug-likeness (QED) is 0.332. The van der Waals surface area contributed by atoms with Crippen LogP contribution in [-0.4, -0.2) is 43.2 Å². The Labute approximate surface area is 108 Å². The zero-order valence-electron chi connectivity index (χ0n) is 11.0. The molecular formula is C13H21N3O2. The van der Waals surface area contributed by atoms with Crippen LogP contribution >= 0.6 is 0 Å². The third kappa shape index (κ3) is 5.05. The molecule has 100 valence electrons. The van der Waals surface area contributed by atoms with Crippen LogP contribution in [0.3, 0.4) is 0 Å². The van der Waals surface area contributed by atoms with Crippen molar-refractivity contribution in [1.82, 2.24) is 4.90 Å². The number of rotatable bonds is 7. The van der Waals surface area contributed by atoms with Crippen molar-refractivity contribution in [2.75, 3.05) is 27.2 Å². The smallest absolute Gasteiger partial charge is 0.140 e. The van der Waals surface area contributed by atoms with Gasteiger partial charge in [0.15, 0.2) is 0 Å². The van der Waals surface area contributed by atoms with Gasteiger partial charge in [-0.05, 0) is 31.2 Å². The Hall–Kier alpha value is -1.75. The van der Waals surface area contributed by atoms with Gasteiger partial charge in [-0.15, -0.1) is 0 Å². The second-order valence-electron chi connectivity index (χ2n) is 4.24. The average molecular weight is 251 g/mol. The highest BCUT2D eigenvalue weighted by atomic mass is 16.5. The van der Waals surface area contributed by atoms with Crippen LogP contribution in [0.2, 0.25) is 0 Å². The molecule has 0 aliphatic rings. The molecule has 0 fully saturated rings. The van der Waals surface area contributed by atoms with Gasteiger partial charge in [-0.25, -0.2) is 0 Å². The number of hydrogen-bond acceptors (Lipinski definition) is 4. The lowest BCUT2D eigenvalue weighted by Crippen LogP contribution is -2.26. The van der Waals surface area contributed by atoms with Crippen molar-refractivity contribution in [3.63, 3.8) is 0 Å². The maximum atomic E-state index is 8.44. The van der Waals surface area contributed by atoms with E-state index in [9.17, 15) is 0 Å². The molecule has 0 saturated carbocycles. The van der Waals surface area contributed by atoms with Gasteiger partial charge in [0.2, 0.25) is 0 Å². The van der Waals surface area contributed by atoms with Crippen LogP contribution in [0.4, 0.5) is 0 Å². The van der Waals surface area contributed by atoms with E-state index in [1.54, 1.807) is 7.11 Å². The van der Waals surface area contributed by atoms with Crippen molar-refractivity contribution >= 4 is 5.84 Å². The molecule has 0 saturated heterocycles. The van der Waals surface area contributed by atoms with E-state index in [2.05, 4.69) is 22.2 Å². The molecule has 0 radical (unpaired) electrons. The molecule has 0 aromatic heterocycles. The largest absolute Gasteiger partial charge is 0.497 e.